The maximum Gasteiger partial charge on any atom is 0.297 e. The van der Waals surface area contributed by atoms with Crippen molar-refractivity contribution in [2.75, 3.05) is 31.6 Å². The molecule has 2 N–H and O–H groups in total. The van der Waals surface area contributed by atoms with Crippen LogP contribution in [0.25, 0.3) is 5.69 Å². The van der Waals surface area contributed by atoms with Crippen LogP contribution < -0.4 is 20.9 Å². The molecule has 2 heterocycles. The minimum atomic E-state index is -2.63. The molecular formula is C30H33F2N5O3. The maximum atomic E-state index is 13.6. The zero-order chi connectivity index (χ0) is 27.9. The first-order valence-electron chi connectivity index (χ1n) is 13.8. The fraction of sp³-hybridized carbons (Fsp3) is 0.433. The van der Waals surface area contributed by atoms with Gasteiger partial charge in [0.05, 0.1) is 17.8 Å². The van der Waals surface area contributed by atoms with Gasteiger partial charge in [-0.3, -0.25) is 19.1 Å². The number of amides is 1. The summed E-state index contributed by atoms with van der Waals surface area (Å²) in [4.78, 5) is 32.3. The summed E-state index contributed by atoms with van der Waals surface area (Å²) >= 11 is 0. The first-order chi connectivity index (χ1) is 19.2. The Morgan fingerprint density at radius 2 is 1.95 bits per heavy atom. The van der Waals surface area contributed by atoms with Crippen LogP contribution >= 0.6 is 0 Å². The summed E-state index contributed by atoms with van der Waals surface area (Å²) in [6.07, 6.45) is 6.64. The molecule has 1 saturated heterocycles. The van der Waals surface area contributed by atoms with Gasteiger partial charge in [0.2, 0.25) is 0 Å². The number of halogens is 2. The van der Waals surface area contributed by atoms with Crippen LogP contribution in [-0.4, -0.2) is 58.6 Å². The molecule has 1 aromatic heterocycles. The van der Waals surface area contributed by atoms with Gasteiger partial charge in [0, 0.05) is 49.1 Å². The summed E-state index contributed by atoms with van der Waals surface area (Å²) in [5, 5.41) is 6.38. The molecule has 40 heavy (non-hydrogen) atoms. The SMILES string of the molecule is Cc1ccc(C(=O)NC2CC2)cc1-n1ccnc(NC2(c3ccccc3OCCN3CCC(F)(F)C3)CC2)c1=O. The molecule has 6 rings (SSSR count). The second kappa shape index (κ2) is 10.3. The molecule has 210 valence electrons. The number of ether oxygens (including phenoxy) is 1. The number of para-hydroxylation sites is 1. The Morgan fingerprint density at radius 1 is 1.15 bits per heavy atom. The van der Waals surface area contributed by atoms with Crippen LogP contribution in [0.4, 0.5) is 14.6 Å². The summed E-state index contributed by atoms with van der Waals surface area (Å²) in [5.41, 5.74) is 2.08. The zero-order valence-corrected chi connectivity index (χ0v) is 22.5. The summed E-state index contributed by atoms with van der Waals surface area (Å²) in [6.45, 7) is 2.75. The lowest BCUT2D eigenvalue weighted by Crippen LogP contribution is -2.30. The molecule has 0 radical (unpaired) electrons. The number of likely N-dealkylation sites (tertiary alicyclic amines) is 1. The second-order valence-corrected chi connectivity index (χ2v) is 11.1. The lowest BCUT2D eigenvalue weighted by Gasteiger charge is -2.23. The third kappa shape index (κ3) is 5.58. The van der Waals surface area contributed by atoms with Crippen LogP contribution in [0, 0.1) is 6.92 Å². The molecule has 1 aliphatic heterocycles. The molecule has 3 aliphatic rings. The zero-order valence-electron chi connectivity index (χ0n) is 22.5. The quantitative estimate of drug-likeness (QED) is 0.393. The number of nitrogens with one attached hydrogen (secondary N) is 2. The molecule has 2 aliphatic carbocycles. The molecule has 3 aromatic rings. The van der Waals surface area contributed by atoms with Gasteiger partial charge in [-0.1, -0.05) is 24.3 Å². The van der Waals surface area contributed by atoms with Gasteiger partial charge in [-0.2, -0.15) is 0 Å². The smallest absolute Gasteiger partial charge is 0.297 e. The highest BCUT2D eigenvalue weighted by Gasteiger charge is 2.47. The van der Waals surface area contributed by atoms with E-state index >= 15 is 0 Å². The van der Waals surface area contributed by atoms with Crippen LogP contribution in [-0.2, 0) is 5.54 Å². The Morgan fingerprint density at radius 3 is 2.67 bits per heavy atom. The van der Waals surface area contributed by atoms with Gasteiger partial charge in [-0.05, 0) is 56.4 Å². The second-order valence-electron chi connectivity index (χ2n) is 11.1. The number of aromatic nitrogens is 2. The lowest BCUT2D eigenvalue weighted by molar-refractivity contribution is 0.0112. The standard InChI is InChI=1S/C30H33F2N5O3/c1-20-6-7-21(27(38)34-22-8-9-22)18-24(20)37-15-13-33-26(28(37)39)35-29(10-11-29)23-4-2-3-5-25(23)40-17-16-36-14-12-30(31,32)19-36/h2-7,13,15,18,22H,8-12,14,16-17,19H2,1H3,(H,33,35)(H,34,38). The van der Waals surface area contributed by atoms with Gasteiger partial charge in [0.15, 0.2) is 5.82 Å². The van der Waals surface area contributed by atoms with Gasteiger partial charge >= 0.3 is 0 Å². The number of alkyl halides is 2. The van der Waals surface area contributed by atoms with Crippen molar-refractivity contribution in [3.05, 3.63) is 81.9 Å². The molecular weight excluding hydrogens is 516 g/mol. The summed E-state index contributed by atoms with van der Waals surface area (Å²) in [5.74, 6) is -1.89. The molecule has 8 nitrogen and oxygen atoms in total. The topological polar surface area (TPSA) is 88.5 Å². The largest absolute Gasteiger partial charge is 0.492 e. The van der Waals surface area contributed by atoms with E-state index in [1.165, 1.54) is 4.57 Å². The van der Waals surface area contributed by atoms with Gasteiger partial charge in [0.25, 0.3) is 17.4 Å². The highest BCUT2D eigenvalue weighted by Crippen LogP contribution is 2.50. The van der Waals surface area contributed by atoms with E-state index in [1.54, 1.807) is 29.4 Å². The molecule has 0 atom stereocenters. The Hall–Kier alpha value is -3.79. The van der Waals surface area contributed by atoms with Crippen molar-refractivity contribution < 1.29 is 18.3 Å². The van der Waals surface area contributed by atoms with Crippen molar-refractivity contribution in [2.24, 2.45) is 0 Å². The predicted octanol–water partition coefficient (Wildman–Crippen LogP) is 4.25. The van der Waals surface area contributed by atoms with Crippen molar-refractivity contribution in [1.29, 1.82) is 0 Å². The van der Waals surface area contributed by atoms with E-state index in [9.17, 15) is 18.4 Å². The van der Waals surface area contributed by atoms with E-state index in [1.807, 2.05) is 37.3 Å². The van der Waals surface area contributed by atoms with Crippen molar-refractivity contribution in [2.45, 2.75) is 56.5 Å². The van der Waals surface area contributed by atoms with Gasteiger partial charge < -0.3 is 15.4 Å². The highest BCUT2D eigenvalue weighted by atomic mass is 19.3. The number of nitrogens with zero attached hydrogens (tertiary/aromatic N) is 3. The molecule has 3 fully saturated rings. The monoisotopic (exact) mass is 549 g/mol. The molecule has 0 bridgehead atoms. The molecule has 0 unspecified atom stereocenters. The van der Waals surface area contributed by atoms with Crippen LogP contribution in [0.1, 0.15) is 53.6 Å². The fourth-order valence-corrected chi connectivity index (χ4v) is 5.28. The lowest BCUT2D eigenvalue weighted by atomic mass is 10.0. The van der Waals surface area contributed by atoms with Crippen molar-refractivity contribution in [3.8, 4) is 11.4 Å². The first kappa shape index (κ1) is 26.4. The number of benzene rings is 2. The summed E-state index contributed by atoms with van der Waals surface area (Å²) in [6, 6.07) is 13.2. The Kier molecular flexibility index (Phi) is 6.82. The molecule has 2 aromatic carbocycles. The minimum Gasteiger partial charge on any atom is -0.492 e. The van der Waals surface area contributed by atoms with Gasteiger partial charge in [0.1, 0.15) is 12.4 Å². The number of hydrogen-bond acceptors (Lipinski definition) is 6. The molecule has 1 amide bonds. The van der Waals surface area contributed by atoms with Crippen molar-refractivity contribution in [3.63, 3.8) is 0 Å². The highest BCUT2D eigenvalue weighted by molar-refractivity contribution is 5.95. The summed E-state index contributed by atoms with van der Waals surface area (Å²) < 4.78 is 34.7. The third-order valence-electron chi connectivity index (χ3n) is 7.91. The van der Waals surface area contributed by atoms with E-state index in [2.05, 4.69) is 15.6 Å². The molecule has 2 saturated carbocycles. The average Bonchev–Trinajstić information content (AvgIpc) is 3.86. The molecule has 0 spiro atoms. The van der Waals surface area contributed by atoms with Crippen LogP contribution in [0.15, 0.2) is 59.7 Å². The van der Waals surface area contributed by atoms with E-state index in [0.717, 1.165) is 36.8 Å². The van der Waals surface area contributed by atoms with E-state index < -0.39 is 11.5 Å². The Labute approximate surface area is 231 Å². The minimum absolute atomic E-state index is 0.115. The van der Waals surface area contributed by atoms with Crippen molar-refractivity contribution in [1.82, 2.24) is 19.8 Å². The summed E-state index contributed by atoms with van der Waals surface area (Å²) in [7, 11) is 0. The number of carbonyl (C=O) groups excluding carboxylic acids is 1. The number of rotatable bonds is 10. The van der Waals surface area contributed by atoms with Crippen LogP contribution in [0.3, 0.4) is 0 Å². The van der Waals surface area contributed by atoms with Crippen LogP contribution in [0.5, 0.6) is 5.75 Å². The van der Waals surface area contributed by atoms with Crippen molar-refractivity contribution >= 4 is 11.7 Å². The Balaban J connectivity index is 1.20. The normalized spacial score (nSPS) is 19.3. The number of aryl methyl sites for hydroxylation is 1. The van der Waals surface area contributed by atoms with Gasteiger partial charge in [-0.25, -0.2) is 13.8 Å². The van der Waals surface area contributed by atoms with E-state index in [-0.39, 0.29) is 36.3 Å². The predicted molar refractivity (Wildman–Crippen MR) is 148 cm³/mol. The van der Waals surface area contributed by atoms with E-state index in [0.29, 0.717) is 36.7 Å². The number of hydrogen-bond donors (Lipinski definition) is 2. The number of carbonyl (C=O) groups is 1. The fourth-order valence-electron chi connectivity index (χ4n) is 5.28. The average molecular weight is 550 g/mol. The Bertz CT molecular complexity index is 1480. The molecule has 10 heteroatoms. The van der Waals surface area contributed by atoms with Crippen LogP contribution in [0.2, 0.25) is 0 Å². The van der Waals surface area contributed by atoms with E-state index in [4.69, 9.17) is 4.74 Å². The van der Waals surface area contributed by atoms with Gasteiger partial charge in [-0.15, -0.1) is 0 Å². The number of anilines is 1. The third-order valence-corrected chi connectivity index (χ3v) is 7.91. The first-order valence-corrected chi connectivity index (χ1v) is 13.8. The maximum absolute atomic E-state index is 13.6.